The van der Waals surface area contributed by atoms with Crippen LogP contribution in [0.4, 0.5) is 11.5 Å². The van der Waals surface area contributed by atoms with Gasteiger partial charge in [-0.1, -0.05) is 116 Å². The second-order valence-electron chi connectivity index (χ2n) is 15.0. The first kappa shape index (κ1) is 38.0. The fourth-order valence-electron chi connectivity index (χ4n) is 8.20. The topological polar surface area (TPSA) is 92.9 Å². The Morgan fingerprint density at radius 2 is 1.12 bits per heavy atom. The predicted octanol–water partition coefficient (Wildman–Crippen LogP) is 12.3. The number of hydrogen-bond acceptors (Lipinski definition) is 7. The average molecular weight is 789 g/mol. The summed E-state index contributed by atoms with van der Waals surface area (Å²) in [5.74, 6) is 2.16. The first-order chi connectivity index (χ1) is 29.4. The van der Waals surface area contributed by atoms with Crippen LogP contribution in [0.15, 0.2) is 182 Å². The van der Waals surface area contributed by atoms with Crippen LogP contribution >= 0.6 is 0 Å². The van der Waals surface area contributed by atoms with Crippen molar-refractivity contribution in [2.45, 2.75) is 38.9 Å². The van der Waals surface area contributed by atoms with Crippen LogP contribution in [0.25, 0.3) is 49.9 Å². The van der Waals surface area contributed by atoms with Gasteiger partial charge < -0.3 is 19.7 Å². The zero-order valence-corrected chi connectivity index (χ0v) is 33.4. The van der Waals surface area contributed by atoms with E-state index in [-0.39, 0.29) is 23.7 Å². The zero-order chi connectivity index (χ0) is 41.2. The van der Waals surface area contributed by atoms with Crippen LogP contribution in [0.5, 0.6) is 23.0 Å². The van der Waals surface area contributed by atoms with Gasteiger partial charge in [-0.05, 0) is 74.4 Å². The molecular formula is C52H44N4O4. The second kappa shape index (κ2) is 16.3. The highest BCUT2D eigenvalue weighted by Gasteiger charge is 2.25. The number of allylic oxidation sites excluding steroid dienone is 4. The van der Waals surface area contributed by atoms with Crippen LogP contribution in [0.2, 0.25) is 0 Å². The van der Waals surface area contributed by atoms with Crippen molar-refractivity contribution in [2.24, 2.45) is 0 Å². The minimum atomic E-state index is -0.268. The van der Waals surface area contributed by atoms with Crippen molar-refractivity contribution in [3.63, 3.8) is 0 Å². The number of hydrogen-bond donors (Lipinski definition) is 2. The third-order valence-corrected chi connectivity index (χ3v) is 10.9. The molecule has 1 aliphatic heterocycles. The standard InChI is InChI=1S/C52H44N4O4/c1-34-17-5-4-6-18-37-19-7-12-24-44(37)55(34)51-49(57)42(29-31-53-51)40-22-10-15-27-47(40)59-35(2)33-36(3)60-48-28-16-11-23-41(48)43-30-32-54-52(50(43)58)56-45-25-13-8-20-38(45)39-21-9-14-26-46(39)56/h4-17,19-32,35-36,57-58H,1,18,33H2,2-3H3/b6-4-,17-5-/t35?,36-/m0/s1. The summed E-state index contributed by atoms with van der Waals surface area (Å²) >= 11 is 0. The van der Waals surface area contributed by atoms with Crippen LogP contribution in [-0.4, -0.2) is 37.0 Å². The average Bonchev–Trinajstić information content (AvgIpc) is 3.62. The molecule has 9 rings (SSSR count). The molecule has 4 heterocycles. The molecule has 0 saturated heterocycles. The quantitative estimate of drug-likeness (QED) is 0.143. The van der Waals surface area contributed by atoms with Gasteiger partial charge in [0.25, 0.3) is 0 Å². The van der Waals surface area contributed by atoms with Crippen molar-refractivity contribution in [3.05, 3.63) is 188 Å². The van der Waals surface area contributed by atoms with Crippen molar-refractivity contribution >= 4 is 33.3 Å². The van der Waals surface area contributed by atoms with Gasteiger partial charge in [-0.2, -0.15) is 0 Å². The lowest BCUT2D eigenvalue weighted by Gasteiger charge is -2.28. The number of fused-ring (bicyclic) bond motifs is 4. The number of ether oxygens (including phenoxy) is 2. The van der Waals surface area contributed by atoms with Gasteiger partial charge in [0.05, 0.1) is 28.9 Å². The highest BCUT2D eigenvalue weighted by molar-refractivity contribution is 6.09. The molecular weight excluding hydrogens is 745 g/mol. The van der Waals surface area contributed by atoms with Gasteiger partial charge >= 0.3 is 0 Å². The normalized spacial score (nSPS) is 14.8. The molecule has 8 heteroatoms. The van der Waals surface area contributed by atoms with E-state index in [2.05, 4.69) is 40.8 Å². The lowest BCUT2D eigenvalue weighted by Crippen LogP contribution is -2.23. The molecule has 8 nitrogen and oxygen atoms in total. The maximum Gasteiger partial charge on any atom is 0.180 e. The number of pyridine rings is 2. The Balaban J connectivity index is 0.965. The molecule has 2 atom stereocenters. The molecule has 5 aromatic carbocycles. The molecule has 296 valence electrons. The van der Waals surface area contributed by atoms with Crippen LogP contribution in [0.3, 0.4) is 0 Å². The molecule has 8 aromatic rings. The number of aromatic hydroxyl groups is 2. The van der Waals surface area contributed by atoms with E-state index in [1.54, 1.807) is 18.5 Å². The predicted molar refractivity (Wildman–Crippen MR) is 242 cm³/mol. The number of rotatable bonds is 10. The fraction of sp³-hybridized carbons (Fsp3) is 0.115. The molecule has 0 amide bonds. The minimum absolute atomic E-state index is 0.0201. The van der Waals surface area contributed by atoms with Gasteiger partial charge in [0, 0.05) is 57.5 Å². The van der Waals surface area contributed by atoms with Crippen molar-refractivity contribution < 1.29 is 19.7 Å². The smallest absolute Gasteiger partial charge is 0.180 e. The Bertz CT molecular complexity index is 2890. The molecule has 2 N–H and O–H groups in total. The van der Waals surface area contributed by atoms with E-state index in [0.29, 0.717) is 46.4 Å². The molecule has 1 aliphatic rings. The SMILES string of the molecule is C=C1/C=C\C=C/Cc2ccccc2N1c1nccc(-c2ccccc2OC(C)C[C@H](C)Oc2ccccc2-c2ccnc(-n3c4ccccc4c4ccccc43)c2O)c1O. The number of para-hydroxylation sites is 5. The fourth-order valence-corrected chi connectivity index (χ4v) is 8.20. The van der Waals surface area contributed by atoms with E-state index in [4.69, 9.17) is 9.47 Å². The number of benzene rings is 5. The lowest BCUT2D eigenvalue weighted by atomic mass is 10.0. The van der Waals surface area contributed by atoms with E-state index in [9.17, 15) is 10.2 Å². The van der Waals surface area contributed by atoms with Crippen LogP contribution in [0, 0.1) is 0 Å². The Morgan fingerprint density at radius 1 is 0.600 bits per heavy atom. The van der Waals surface area contributed by atoms with Crippen LogP contribution < -0.4 is 14.4 Å². The number of aromatic nitrogens is 3. The van der Waals surface area contributed by atoms with Gasteiger partial charge in [-0.25, -0.2) is 9.97 Å². The monoisotopic (exact) mass is 788 g/mol. The molecule has 0 radical (unpaired) electrons. The van der Waals surface area contributed by atoms with Crippen LogP contribution in [0.1, 0.15) is 25.8 Å². The summed E-state index contributed by atoms with van der Waals surface area (Å²) in [6.07, 6.45) is 12.1. The second-order valence-corrected chi connectivity index (χ2v) is 15.0. The first-order valence-electron chi connectivity index (χ1n) is 20.1. The summed E-state index contributed by atoms with van der Waals surface area (Å²) in [4.78, 5) is 11.3. The summed E-state index contributed by atoms with van der Waals surface area (Å²) in [7, 11) is 0. The van der Waals surface area contributed by atoms with Crippen LogP contribution in [-0.2, 0) is 6.42 Å². The third-order valence-electron chi connectivity index (χ3n) is 10.9. The summed E-state index contributed by atoms with van der Waals surface area (Å²) in [5.41, 5.74) is 7.27. The Labute approximate surface area is 349 Å². The molecule has 0 bridgehead atoms. The van der Waals surface area contributed by atoms with Crippen molar-refractivity contribution in [1.82, 2.24) is 14.5 Å². The highest BCUT2D eigenvalue weighted by atomic mass is 16.5. The van der Waals surface area contributed by atoms with E-state index >= 15 is 0 Å². The molecule has 0 fully saturated rings. The molecule has 0 spiro atoms. The Kier molecular flexibility index (Phi) is 10.3. The summed E-state index contributed by atoms with van der Waals surface area (Å²) < 4.78 is 15.3. The Morgan fingerprint density at radius 3 is 1.75 bits per heavy atom. The zero-order valence-electron chi connectivity index (χ0n) is 33.4. The van der Waals surface area contributed by atoms with E-state index in [1.807, 2.05) is 151 Å². The van der Waals surface area contributed by atoms with Crippen molar-refractivity contribution in [2.75, 3.05) is 4.90 Å². The largest absolute Gasteiger partial charge is 0.504 e. The van der Waals surface area contributed by atoms with Gasteiger partial charge in [0.1, 0.15) is 11.5 Å². The van der Waals surface area contributed by atoms with Gasteiger partial charge in [-0.15, -0.1) is 0 Å². The lowest BCUT2D eigenvalue weighted by molar-refractivity contribution is 0.131. The summed E-state index contributed by atoms with van der Waals surface area (Å²) in [6, 6.07) is 43.5. The minimum Gasteiger partial charge on any atom is -0.504 e. The van der Waals surface area contributed by atoms with Gasteiger partial charge in [0.15, 0.2) is 23.1 Å². The maximum atomic E-state index is 12.0. The number of nitrogens with zero attached hydrogens (tertiary/aromatic N) is 4. The third kappa shape index (κ3) is 7.13. The van der Waals surface area contributed by atoms with E-state index in [1.165, 1.54) is 0 Å². The molecule has 3 aromatic heterocycles. The molecule has 60 heavy (non-hydrogen) atoms. The van der Waals surface area contributed by atoms with Gasteiger partial charge in [0.2, 0.25) is 0 Å². The van der Waals surface area contributed by atoms with Crippen molar-refractivity contribution in [1.29, 1.82) is 0 Å². The molecule has 1 unspecified atom stereocenters. The first-order valence-corrected chi connectivity index (χ1v) is 20.1. The van der Waals surface area contributed by atoms with E-state index < -0.39 is 0 Å². The maximum absolute atomic E-state index is 12.0. The van der Waals surface area contributed by atoms with Gasteiger partial charge in [-0.3, -0.25) is 9.47 Å². The Hall–Kier alpha value is -7.58. The molecule has 0 aliphatic carbocycles. The number of anilines is 2. The molecule has 0 saturated carbocycles. The van der Waals surface area contributed by atoms with Crippen molar-refractivity contribution in [3.8, 4) is 51.1 Å². The highest BCUT2D eigenvalue weighted by Crippen LogP contribution is 2.45. The summed E-state index contributed by atoms with van der Waals surface area (Å²) in [6.45, 7) is 8.36. The van der Waals surface area contributed by atoms with E-state index in [0.717, 1.165) is 50.6 Å². The summed E-state index contributed by atoms with van der Waals surface area (Å²) in [5, 5.41) is 26.1.